The Morgan fingerprint density at radius 2 is 2.05 bits per heavy atom. The van der Waals surface area contributed by atoms with Crippen LogP contribution in [0.5, 0.6) is 0 Å². The average molecular weight is 369 g/mol. The van der Waals surface area contributed by atoms with Crippen molar-refractivity contribution in [1.82, 2.24) is 5.32 Å². The molecule has 1 amide bonds. The highest BCUT2D eigenvalue weighted by molar-refractivity contribution is 9.09. The van der Waals surface area contributed by atoms with Crippen LogP contribution in [0.15, 0.2) is 18.2 Å². The molecule has 106 valence electrons. The Morgan fingerprint density at radius 1 is 1.26 bits per heavy atom. The Morgan fingerprint density at radius 3 is 2.74 bits per heavy atom. The molecule has 0 unspecified atom stereocenters. The molecule has 1 rings (SSSR count). The predicted molar refractivity (Wildman–Crippen MR) is 82.4 cm³/mol. The molecule has 1 aromatic carbocycles. The van der Waals surface area contributed by atoms with Gasteiger partial charge in [0.05, 0.1) is 23.1 Å². The average Bonchev–Trinajstić information content (AvgIpc) is 2.38. The normalized spacial score (nSPS) is 10.5. The van der Waals surface area contributed by atoms with Crippen molar-refractivity contribution in [3.8, 4) is 0 Å². The molecule has 0 saturated carbocycles. The molecule has 0 aromatic heterocycles. The first-order valence-corrected chi connectivity index (χ1v) is 7.85. The summed E-state index contributed by atoms with van der Waals surface area (Å²) in [6.45, 7) is 1.96. The van der Waals surface area contributed by atoms with Gasteiger partial charge in [-0.05, 0) is 24.1 Å². The van der Waals surface area contributed by atoms with Crippen LogP contribution in [0.3, 0.4) is 0 Å². The molecule has 19 heavy (non-hydrogen) atoms. The minimum atomic E-state index is -0.0288. The predicted octanol–water partition coefficient (Wildman–Crippen LogP) is 3.45. The minimum absolute atomic E-state index is 0.0288. The molecule has 0 aliphatic heterocycles. The van der Waals surface area contributed by atoms with Gasteiger partial charge in [0.1, 0.15) is 0 Å². The molecule has 3 nitrogen and oxygen atoms in total. The fourth-order valence-electron chi connectivity index (χ4n) is 1.46. The van der Waals surface area contributed by atoms with E-state index in [1.54, 1.807) is 18.2 Å². The number of hydrogen-bond acceptors (Lipinski definition) is 2. The van der Waals surface area contributed by atoms with E-state index >= 15 is 0 Å². The minimum Gasteiger partial charge on any atom is -0.381 e. The second-order valence-corrected chi connectivity index (χ2v) is 5.54. The van der Waals surface area contributed by atoms with E-state index in [0.29, 0.717) is 36.2 Å². The van der Waals surface area contributed by atoms with Gasteiger partial charge in [-0.15, -0.1) is 0 Å². The van der Waals surface area contributed by atoms with Gasteiger partial charge in [-0.25, -0.2) is 0 Å². The fraction of sp³-hybridized carbons (Fsp3) is 0.462. The lowest BCUT2D eigenvalue weighted by molar-refractivity contribution is -0.120. The van der Waals surface area contributed by atoms with Crippen LogP contribution in [-0.2, 0) is 16.0 Å². The Bertz CT molecular complexity index is 416. The van der Waals surface area contributed by atoms with Crippen molar-refractivity contribution >= 4 is 45.0 Å². The van der Waals surface area contributed by atoms with E-state index in [1.165, 1.54) is 0 Å². The van der Waals surface area contributed by atoms with Gasteiger partial charge < -0.3 is 10.1 Å². The number of rotatable bonds is 8. The number of nitrogens with one attached hydrogen (secondary N) is 1. The number of halogens is 3. The first-order chi connectivity index (χ1) is 9.13. The molecule has 1 N–H and O–H groups in total. The van der Waals surface area contributed by atoms with Crippen molar-refractivity contribution in [2.75, 3.05) is 25.1 Å². The lowest BCUT2D eigenvalue weighted by Gasteiger charge is -2.06. The first kappa shape index (κ1) is 16.8. The third kappa shape index (κ3) is 7.16. The maximum atomic E-state index is 11.7. The van der Waals surface area contributed by atoms with Crippen LogP contribution >= 0.6 is 39.1 Å². The van der Waals surface area contributed by atoms with Crippen LogP contribution in [0, 0.1) is 0 Å². The van der Waals surface area contributed by atoms with Crippen LogP contribution in [-0.4, -0.2) is 31.0 Å². The smallest absolute Gasteiger partial charge is 0.224 e. The molecule has 0 fully saturated rings. The van der Waals surface area contributed by atoms with Gasteiger partial charge in [0, 0.05) is 18.5 Å². The molecular weight excluding hydrogens is 353 g/mol. The Hall–Kier alpha value is -0.290. The summed E-state index contributed by atoms with van der Waals surface area (Å²) in [4.78, 5) is 11.7. The molecule has 0 saturated heterocycles. The van der Waals surface area contributed by atoms with Gasteiger partial charge >= 0.3 is 0 Å². The SMILES string of the molecule is O=C(Cc1ccc(Cl)c(Cl)c1)NCCCOCCBr. The number of ether oxygens (including phenoxy) is 1. The number of hydrogen-bond donors (Lipinski definition) is 1. The molecule has 0 aliphatic carbocycles. The van der Waals surface area contributed by atoms with Crippen molar-refractivity contribution in [1.29, 1.82) is 0 Å². The maximum Gasteiger partial charge on any atom is 0.224 e. The number of carbonyl (C=O) groups is 1. The van der Waals surface area contributed by atoms with E-state index in [9.17, 15) is 4.79 Å². The van der Waals surface area contributed by atoms with Gasteiger partial charge in [-0.3, -0.25) is 4.79 Å². The monoisotopic (exact) mass is 367 g/mol. The Kier molecular flexibility index (Phi) is 8.46. The van der Waals surface area contributed by atoms with Gasteiger partial charge in [0.15, 0.2) is 0 Å². The van der Waals surface area contributed by atoms with Crippen LogP contribution in [0.4, 0.5) is 0 Å². The highest BCUT2D eigenvalue weighted by atomic mass is 79.9. The summed E-state index contributed by atoms with van der Waals surface area (Å²) in [6.07, 6.45) is 1.11. The second-order valence-electron chi connectivity index (χ2n) is 3.93. The van der Waals surface area contributed by atoms with Crippen LogP contribution in [0.2, 0.25) is 10.0 Å². The second kappa shape index (κ2) is 9.59. The molecule has 0 heterocycles. The molecule has 0 atom stereocenters. The van der Waals surface area contributed by atoms with Crippen LogP contribution in [0.25, 0.3) is 0 Å². The Labute approximate surface area is 131 Å². The Balaban J connectivity index is 2.21. The van der Waals surface area contributed by atoms with E-state index in [4.69, 9.17) is 27.9 Å². The molecule has 0 aliphatic rings. The van der Waals surface area contributed by atoms with E-state index in [1.807, 2.05) is 0 Å². The van der Waals surface area contributed by atoms with E-state index in [-0.39, 0.29) is 5.91 Å². The molecule has 1 aromatic rings. The highest BCUT2D eigenvalue weighted by Crippen LogP contribution is 2.22. The zero-order valence-corrected chi connectivity index (χ0v) is 13.5. The zero-order valence-electron chi connectivity index (χ0n) is 10.4. The lowest BCUT2D eigenvalue weighted by Crippen LogP contribution is -2.26. The number of amides is 1. The highest BCUT2D eigenvalue weighted by Gasteiger charge is 2.05. The molecule has 0 spiro atoms. The van der Waals surface area contributed by atoms with Crippen molar-refractivity contribution in [3.63, 3.8) is 0 Å². The topological polar surface area (TPSA) is 38.3 Å². The van der Waals surface area contributed by atoms with Crippen molar-refractivity contribution < 1.29 is 9.53 Å². The quantitative estimate of drug-likeness (QED) is 0.563. The van der Waals surface area contributed by atoms with E-state index in [0.717, 1.165) is 17.3 Å². The summed E-state index contributed by atoms with van der Waals surface area (Å²) < 4.78 is 5.28. The standard InChI is InChI=1S/C13H16BrCl2NO2/c14-4-7-19-6-1-5-17-13(18)9-10-2-3-11(15)12(16)8-10/h2-3,8H,1,4-7,9H2,(H,17,18). The van der Waals surface area contributed by atoms with E-state index < -0.39 is 0 Å². The molecule has 6 heteroatoms. The number of carbonyl (C=O) groups excluding carboxylic acids is 1. The summed E-state index contributed by atoms with van der Waals surface area (Å²) in [6, 6.07) is 5.20. The van der Waals surface area contributed by atoms with Crippen LogP contribution < -0.4 is 5.32 Å². The molecule has 0 bridgehead atoms. The fourth-order valence-corrected chi connectivity index (χ4v) is 2.01. The zero-order chi connectivity index (χ0) is 14.1. The largest absolute Gasteiger partial charge is 0.381 e. The molecular formula is C13H16BrCl2NO2. The van der Waals surface area contributed by atoms with Crippen molar-refractivity contribution in [3.05, 3.63) is 33.8 Å². The van der Waals surface area contributed by atoms with Crippen molar-refractivity contribution in [2.24, 2.45) is 0 Å². The van der Waals surface area contributed by atoms with Crippen molar-refractivity contribution in [2.45, 2.75) is 12.8 Å². The lowest BCUT2D eigenvalue weighted by atomic mass is 10.1. The summed E-state index contributed by atoms with van der Waals surface area (Å²) in [5.41, 5.74) is 0.849. The van der Waals surface area contributed by atoms with E-state index in [2.05, 4.69) is 21.2 Å². The summed E-state index contributed by atoms with van der Waals surface area (Å²) in [7, 11) is 0. The van der Waals surface area contributed by atoms with Gasteiger partial charge in [0.2, 0.25) is 5.91 Å². The first-order valence-electron chi connectivity index (χ1n) is 5.98. The number of benzene rings is 1. The van der Waals surface area contributed by atoms with Gasteiger partial charge in [0.25, 0.3) is 0 Å². The molecule has 0 radical (unpaired) electrons. The van der Waals surface area contributed by atoms with Gasteiger partial charge in [-0.1, -0.05) is 45.2 Å². The summed E-state index contributed by atoms with van der Waals surface area (Å²) in [5.74, 6) is -0.0288. The van der Waals surface area contributed by atoms with Gasteiger partial charge in [-0.2, -0.15) is 0 Å². The summed E-state index contributed by atoms with van der Waals surface area (Å²) >= 11 is 15.0. The third-order valence-electron chi connectivity index (χ3n) is 2.36. The maximum absolute atomic E-state index is 11.7. The summed E-state index contributed by atoms with van der Waals surface area (Å²) in [5, 5.41) is 4.63. The third-order valence-corrected chi connectivity index (χ3v) is 3.42. The van der Waals surface area contributed by atoms with Crippen LogP contribution in [0.1, 0.15) is 12.0 Å². The number of alkyl halides is 1.